The van der Waals surface area contributed by atoms with Gasteiger partial charge in [0.1, 0.15) is 12.4 Å². The molecular weight excluding hydrogens is 588 g/mol. The second-order valence-electron chi connectivity index (χ2n) is 14.0. The molecule has 3 aliphatic rings. The van der Waals surface area contributed by atoms with Crippen molar-refractivity contribution in [3.05, 3.63) is 127 Å². The average molecular weight is 625 g/mol. The van der Waals surface area contributed by atoms with Crippen LogP contribution < -0.4 is 4.74 Å². The van der Waals surface area contributed by atoms with Gasteiger partial charge in [-0.05, 0) is 53.0 Å². The number of hydrogen-bond acceptors (Lipinski definition) is 6. The van der Waals surface area contributed by atoms with Crippen molar-refractivity contribution in [2.45, 2.75) is 72.4 Å². The highest BCUT2D eigenvalue weighted by Crippen LogP contribution is 2.56. The fourth-order valence-electron chi connectivity index (χ4n) is 7.11. The number of hydrogen-bond donors (Lipinski definition) is 0. The summed E-state index contributed by atoms with van der Waals surface area (Å²) in [5.74, 6) is -0.0920. The summed E-state index contributed by atoms with van der Waals surface area (Å²) in [5, 5.41) is 11.8. The number of Topliss-reactive ketones (excluding diaryl/α,β-unsaturated/α-hetero) is 2. The van der Waals surface area contributed by atoms with Crippen molar-refractivity contribution < 1.29 is 19.2 Å². The highest BCUT2D eigenvalue weighted by atomic mass is 35.5. The maximum Gasteiger partial charge on any atom is 0.269 e. The molecule has 8 heteroatoms. The van der Waals surface area contributed by atoms with Gasteiger partial charge < -0.3 is 9.64 Å². The summed E-state index contributed by atoms with van der Waals surface area (Å²) in [4.78, 5) is 41.7. The van der Waals surface area contributed by atoms with E-state index in [9.17, 15) is 19.7 Å². The van der Waals surface area contributed by atoms with Crippen molar-refractivity contribution in [3.8, 4) is 5.75 Å². The van der Waals surface area contributed by atoms with Crippen molar-refractivity contribution in [2.75, 3.05) is 0 Å². The molecule has 3 aromatic carbocycles. The predicted octanol–water partition coefficient (Wildman–Crippen LogP) is 8.71. The zero-order valence-electron chi connectivity index (χ0n) is 26.1. The number of carbonyl (C=O) groups excluding carboxylic acids is 2. The molecule has 6 rings (SSSR count). The molecule has 0 aromatic heterocycles. The summed E-state index contributed by atoms with van der Waals surface area (Å²) in [7, 11) is 0. The Hall–Kier alpha value is -4.23. The smallest absolute Gasteiger partial charge is 0.269 e. The summed E-state index contributed by atoms with van der Waals surface area (Å²) in [6, 6.07) is 21.8. The quantitative estimate of drug-likeness (QED) is 0.193. The number of nitro benzene ring substituents is 1. The van der Waals surface area contributed by atoms with E-state index in [1.54, 1.807) is 30.3 Å². The lowest BCUT2D eigenvalue weighted by atomic mass is 9.63. The Labute approximate surface area is 268 Å². The summed E-state index contributed by atoms with van der Waals surface area (Å²) in [5.41, 5.74) is 5.06. The minimum atomic E-state index is -0.631. The van der Waals surface area contributed by atoms with Gasteiger partial charge in [0.05, 0.1) is 4.92 Å². The zero-order valence-corrected chi connectivity index (χ0v) is 26.8. The largest absolute Gasteiger partial charge is 0.489 e. The molecule has 0 atom stereocenters. The van der Waals surface area contributed by atoms with Crippen LogP contribution >= 0.6 is 11.6 Å². The molecule has 0 amide bonds. The van der Waals surface area contributed by atoms with Crippen LogP contribution in [0.15, 0.2) is 95.3 Å². The van der Waals surface area contributed by atoms with E-state index in [4.69, 9.17) is 16.3 Å². The van der Waals surface area contributed by atoms with E-state index < -0.39 is 10.8 Å². The van der Waals surface area contributed by atoms with Crippen LogP contribution in [-0.2, 0) is 22.7 Å². The summed E-state index contributed by atoms with van der Waals surface area (Å²) >= 11 is 6.62. The van der Waals surface area contributed by atoms with Gasteiger partial charge in [-0.3, -0.25) is 19.7 Å². The Kier molecular flexibility index (Phi) is 7.94. The molecule has 0 radical (unpaired) electrons. The first-order valence-electron chi connectivity index (χ1n) is 15.3. The van der Waals surface area contributed by atoms with E-state index >= 15 is 0 Å². The van der Waals surface area contributed by atoms with Gasteiger partial charge in [0.2, 0.25) is 0 Å². The maximum atomic E-state index is 14.3. The van der Waals surface area contributed by atoms with Crippen LogP contribution in [0, 0.1) is 20.9 Å². The van der Waals surface area contributed by atoms with Gasteiger partial charge in [0.15, 0.2) is 11.6 Å². The molecule has 3 aromatic rings. The minimum Gasteiger partial charge on any atom is -0.489 e. The molecule has 7 nitrogen and oxygen atoms in total. The van der Waals surface area contributed by atoms with E-state index in [1.807, 2.05) is 18.2 Å². The number of rotatable bonds is 7. The van der Waals surface area contributed by atoms with Crippen molar-refractivity contribution in [1.29, 1.82) is 0 Å². The predicted molar refractivity (Wildman–Crippen MR) is 174 cm³/mol. The van der Waals surface area contributed by atoms with E-state index in [-0.39, 0.29) is 34.7 Å². The Morgan fingerprint density at radius 2 is 1.42 bits per heavy atom. The van der Waals surface area contributed by atoms with Gasteiger partial charge in [-0.2, -0.15) is 0 Å². The lowest BCUT2D eigenvalue weighted by molar-refractivity contribution is -0.384. The third-order valence-corrected chi connectivity index (χ3v) is 9.24. The van der Waals surface area contributed by atoms with Gasteiger partial charge >= 0.3 is 0 Å². The van der Waals surface area contributed by atoms with E-state index in [0.717, 1.165) is 17.0 Å². The number of nitro groups is 1. The van der Waals surface area contributed by atoms with Crippen molar-refractivity contribution in [3.63, 3.8) is 0 Å². The fraction of sp³-hybridized carbons (Fsp3) is 0.351. The molecule has 0 unspecified atom stereocenters. The molecule has 2 aliphatic carbocycles. The SMILES string of the molecule is CC1(C)CC(=O)C2=C(C1)N(Cc1ccccc1)C1=C(C(=O)CC(C)(C)C1)C2c1cc(Cl)ccc1OCc1cccc([N+](=O)[O-])c1. The summed E-state index contributed by atoms with van der Waals surface area (Å²) in [6.45, 7) is 9.12. The monoisotopic (exact) mass is 624 g/mol. The number of nitrogens with zero attached hydrogens (tertiary/aromatic N) is 2. The van der Waals surface area contributed by atoms with Crippen molar-refractivity contribution >= 4 is 28.9 Å². The number of non-ortho nitro benzene ring substituents is 1. The van der Waals surface area contributed by atoms with Crippen LogP contribution in [0.25, 0.3) is 0 Å². The molecule has 1 aliphatic heterocycles. The van der Waals surface area contributed by atoms with Crippen LogP contribution in [0.5, 0.6) is 5.75 Å². The van der Waals surface area contributed by atoms with E-state index in [2.05, 4.69) is 44.7 Å². The topological polar surface area (TPSA) is 89.8 Å². The van der Waals surface area contributed by atoms with E-state index in [0.29, 0.717) is 65.3 Å². The summed E-state index contributed by atoms with van der Waals surface area (Å²) < 4.78 is 6.34. The number of benzene rings is 3. The van der Waals surface area contributed by atoms with Crippen molar-refractivity contribution in [2.24, 2.45) is 10.8 Å². The van der Waals surface area contributed by atoms with Gasteiger partial charge in [0, 0.05) is 70.6 Å². The van der Waals surface area contributed by atoms with Gasteiger partial charge in [-0.25, -0.2) is 0 Å². The molecule has 0 saturated heterocycles. The first kappa shape index (κ1) is 30.8. The zero-order chi connectivity index (χ0) is 32.1. The number of ketones is 2. The minimum absolute atomic E-state index is 0.0198. The number of allylic oxidation sites excluding steroid dienone is 4. The van der Waals surface area contributed by atoms with Crippen LogP contribution in [0.1, 0.15) is 76.0 Å². The summed E-state index contributed by atoms with van der Waals surface area (Å²) in [6.07, 6.45) is 2.11. The molecule has 1 heterocycles. The Morgan fingerprint density at radius 1 is 0.822 bits per heavy atom. The number of carbonyl (C=O) groups is 2. The van der Waals surface area contributed by atoms with Crippen LogP contribution in [0.2, 0.25) is 5.02 Å². The highest BCUT2D eigenvalue weighted by Gasteiger charge is 2.49. The first-order chi connectivity index (χ1) is 21.3. The number of halogens is 1. The normalized spacial score (nSPS) is 19.4. The van der Waals surface area contributed by atoms with E-state index in [1.165, 1.54) is 12.1 Å². The average Bonchev–Trinajstić information content (AvgIpc) is 2.96. The Bertz CT molecular complexity index is 1720. The lowest BCUT2D eigenvalue weighted by Gasteiger charge is -2.49. The van der Waals surface area contributed by atoms with Crippen LogP contribution in [0.4, 0.5) is 5.69 Å². The van der Waals surface area contributed by atoms with Gasteiger partial charge in [-0.1, -0.05) is 81.8 Å². The molecule has 0 N–H and O–H groups in total. The highest BCUT2D eigenvalue weighted by molar-refractivity contribution is 6.30. The Morgan fingerprint density at radius 3 is 2.02 bits per heavy atom. The standard InChI is InChI=1S/C37H37ClN2O5/c1-36(2)17-28-34(30(41)19-36)33(27-16-25(38)13-14-32(27)45-22-24-11-8-12-26(15-24)40(43)44)35-29(18-37(3,4)20-31(35)42)39(28)21-23-9-6-5-7-10-23/h5-16,33H,17-22H2,1-4H3. The first-order valence-corrected chi connectivity index (χ1v) is 15.7. The molecule has 0 bridgehead atoms. The molecule has 0 fully saturated rings. The van der Waals surface area contributed by atoms with Crippen LogP contribution in [0.3, 0.4) is 0 Å². The molecule has 232 valence electrons. The second-order valence-corrected chi connectivity index (χ2v) is 14.4. The van der Waals surface area contributed by atoms with Crippen LogP contribution in [-0.4, -0.2) is 21.4 Å². The number of ether oxygens (including phenoxy) is 1. The van der Waals surface area contributed by atoms with Gasteiger partial charge in [0.25, 0.3) is 5.69 Å². The Balaban J connectivity index is 1.52. The maximum absolute atomic E-state index is 14.3. The van der Waals surface area contributed by atoms with Gasteiger partial charge in [-0.15, -0.1) is 0 Å². The molecule has 45 heavy (non-hydrogen) atoms. The fourth-order valence-corrected chi connectivity index (χ4v) is 7.29. The second kappa shape index (κ2) is 11.6. The molecule has 0 spiro atoms. The third kappa shape index (κ3) is 6.19. The third-order valence-electron chi connectivity index (χ3n) is 9.00. The molecule has 0 saturated carbocycles. The molecular formula is C37H37ClN2O5. The lowest BCUT2D eigenvalue weighted by Crippen LogP contribution is -2.44. The van der Waals surface area contributed by atoms with Crippen molar-refractivity contribution in [1.82, 2.24) is 4.90 Å².